The van der Waals surface area contributed by atoms with Gasteiger partial charge in [0.1, 0.15) is 10.9 Å². The third-order valence-corrected chi connectivity index (χ3v) is 3.98. The Kier molecular flexibility index (Phi) is 2.96. The molecule has 2 aromatic rings. The number of nitrogens with zero attached hydrogens (tertiary/aromatic N) is 2. The highest BCUT2D eigenvalue weighted by Crippen LogP contribution is 2.32. The molecule has 1 N–H and O–H groups in total. The second kappa shape index (κ2) is 4.48. The van der Waals surface area contributed by atoms with E-state index in [2.05, 4.69) is 5.10 Å². The summed E-state index contributed by atoms with van der Waals surface area (Å²) in [6, 6.07) is 5.02. The highest BCUT2D eigenvalue weighted by Gasteiger charge is 2.20. The Morgan fingerprint density at radius 3 is 2.67 bits per heavy atom. The van der Waals surface area contributed by atoms with E-state index in [1.165, 1.54) is 0 Å². The number of phenols is 1. The van der Waals surface area contributed by atoms with E-state index >= 15 is 0 Å². The standard InChI is InChI=1S/C13H12Cl2N2O/c14-10-6-5-8(7-12(10)18)17-13(15)9-3-1-2-4-11(9)16-17/h5-7,18H,1-4H2. The number of aromatic nitrogens is 2. The van der Waals surface area contributed by atoms with Gasteiger partial charge in [-0.25, -0.2) is 4.68 Å². The normalized spacial score (nSPS) is 14.6. The van der Waals surface area contributed by atoms with Gasteiger partial charge < -0.3 is 5.11 Å². The van der Waals surface area contributed by atoms with Crippen molar-refractivity contribution < 1.29 is 5.11 Å². The zero-order valence-corrected chi connectivity index (χ0v) is 11.2. The number of phenolic OH excluding ortho intramolecular Hbond substituents is 1. The fourth-order valence-electron chi connectivity index (χ4n) is 2.32. The molecule has 3 rings (SSSR count). The first-order valence-corrected chi connectivity index (χ1v) is 6.67. The lowest BCUT2D eigenvalue weighted by Gasteiger charge is -2.08. The molecule has 0 spiro atoms. The lowest BCUT2D eigenvalue weighted by molar-refractivity contribution is 0.475. The van der Waals surface area contributed by atoms with E-state index in [4.69, 9.17) is 23.2 Å². The summed E-state index contributed by atoms with van der Waals surface area (Å²) in [6.45, 7) is 0. The van der Waals surface area contributed by atoms with Crippen molar-refractivity contribution in [1.29, 1.82) is 0 Å². The van der Waals surface area contributed by atoms with Crippen LogP contribution in [-0.4, -0.2) is 14.9 Å². The molecule has 1 aliphatic rings. The number of aromatic hydroxyl groups is 1. The van der Waals surface area contributed by atoms with Crippen LogP contribution < -0.4 is 0 Å². The Labute approximate surface area is 115 Å². The number of hydrogen-bond donors (Lipinski definition) is 1. The maximum absolute atomic E-state index is 9.64. The molecule has 3 nitrogen and oxygen atoms in total. The monoisotopic (exact) mass is 282 g/mol. The summed E-state index contributed by atoms with van der Waals surface area (Å²) in [5, 5.41) is 15.1. The molecule has 0 atom stereocenters. The van der Waals surface area contributed by atoms with Crippen LogP contribution in [0.1, 0.15) is 24.1 Å². The molecular weight excluding hydrogens is 271 g/mol. The van der Waals surface area contributed by atoms with Gasteiger partial charge in [-0.3, -0.25) is 0 Å². The highest BCUT2D eigenvalue weighted by atomic mass is 35.5. The maximum Gasteiger partial charge on any atom is 0.136 e. The van der Waals surface area contributed by atoms with Gasteiger partial charge in [0.05, 0.1) is 16.4 Å². The number of halogens is 2. The number of fused-ring (bicyclic) bond motifs is 1. The average molecular weight is 283 g/mol. The van der Waals surface area contributed by atoms with Crippen LogP contribution in [0.5, 0.6) is 5.75 Å². The third-order valence-electron chi connectivity index (χ3n) is 3.27. The lowest BCUT2D eigenvalue weighted by Crippen LogP contribution is -2.00. The van der Waals surface area contributed by atoms with Crippen molar-refractivity contribution in [1.82, 2.24) is 9.78 Å². The van der Waals surface area contributed by atoms with Crippen LogP contribution in [0.15, 0.2) is 18.2 Å². The van der Waals surface area contributed by atoms with Gasteiger partial charge >= 0.3 is 0 Å². The molecule has 18 heavy (non-hydrogen) atoms. The fraction of sp³-hybridized carbons (Fsp3) is 0.308. The minimum Gasteiger partial charge on any atom is -0.506 e. The minimum absolute atomic E-state index is 0.0405. The summed E-state index contributed by atoms with van der Waals surface area (Å²) in [4.78, 5) is 0. The van der Waals surface area contributed by atoms with Crippen molar-refractivity contribution in [3.05, 3.63) is 39.6 Å². The van der Waals surface area contributed by atoms with Gasteiger partial charge in [-0.15, -0.1) is 0 Å². The Morgan fingerprint density at radius 2 is 1.94 bits per heavy atom. The average Bonchev–Trinajstić information content (AvgIpc) is 2.71. The molecule has 0 saturated heterocycles. The van der Waals surface area contributed by atoms with E-state index in [1.54, 1.807) is 22.9 Å². The smallest absolute Gasteiger partial charge is 0.136 e. The fourth-order valence-corrected chi connectivity index (χ4v) is 2.77. The molecule has 94 valence electrons. The Bertz CT molecular complexity index is 607. The van der Waals surface area contributed by atoms with Gasteiger partial charge in [-0.05, 0) is 37.8 Å². The first-order chi connectivity index (χ1) is 8.66. The zero-order valence-electron chi connectivity index (χ0n) is 9.66. The minimum atomic E-state index is 0.0405. The molecule has 0 bridgehead atoms. The first kappa shape index (κ1) is 11.9. The summed E-state index contributed by atoms with van der Waals surface area (Å²) in [5.41, 5.74) is 2.94. The summed E-state index contributed by atoms with van der Waals surface area (Å²) < 4.78 is 1.67. The molecule has 0 aliphatic heterocycles. The first-order valence-electron chi connectivity index (χ1n) is 5.92. The van der Waals surface area contributed by atoms with E-state index in [0.717, 1.165) is 42.6 Å². The number of benzene rings is 1. The maximum atomic E-state index is 9.64. The van der Waals surface area contributed by atoms with Crippen LogP contribution in [0.25, 0.3) is 5.69 Å². The van der Waals surface area contributed by atoms with E-state index in [0.29, 0.717) is 10.2 Å². The van der Waals surface area contributed by atoms with Gasteiger partial charge in [-0.1, -0.05) is 23.2 Å². The SMILES string of the molecule is Oc1cc(-n2nc3c(c2Cl)CCCC3)ccc1Cl. The summed E-state index contributed by atoms with van der Waals surface area (Å²) in [6.07, 6.45) is 4.27. The van der Waals surface area contributed by atoms with Gasteiger partial charge in [0.15, 0.2) is 0 Å². The molecule has 1 heterocycles. The van der Waals surface area contributed by atoms with E-state index in [9.17, 15) is 5.11 Å². The molecule has 1 aromatic heterocycles. The van der Waals surface area contributed by atoms with Crippen LogP contribution in [0.2, 0.25) is 10.2 Å². The Balaban J connectivity index is 2.11. The van der Waals surface area contributed by atoms with Crippen LogP contribution in [0.3, 0.4) is 0 Å². The van der Waals surface area contributed by atoms with Crippen molar-refractivity contribution in [3.63, 3.8) is 0 Å². The van der Waals surface area contributed by atoms with E-state index < -0.39 is 0 Å². The van der Waals surface area contributed by atoms with Gasteiger partial charge in [0, 0.05) is 11.6 Å². The largest absolute Gasteiger partial charge is 0.506 e. The predicted molar refractivity (Wildman–Crippen MR) is 71.9 cm³/mol. The number of rotatable bonds is 1. The van der Waals surface area contributed by atoms with Crippen LogP contribution in [-0.2, 0) is 12.8 Å². The number of hydrogen-bond acceptors (Lipinski definition) is 2. The van der Waals surface area contributed by atoms with Crippen LogP contribution >= 0.6 is 23.2 Å². The topological polar surface area (TPSA) is 38.0 Å². The van der Waals surface area contributed by atoms with Crippen molar-refractivity contribution in [2.75, 3.05) is 0 Å². The van der Waals surface area contributed by atoms with Crippen molar-refractivity contribution in [2.45, 2.75) is 25.7 Å². The quantitative estimate of drug-likeness (QED) is 0.865. The highest BCUT2D eigenvalue weighted by molar-refractivity contribution is 6.32. The van der Waals surface area contributed by atoms with Crippen LogP contribution in [0.4, 0.5) is 0 Å². The molecule has 0 amide bonds. The molecule has 0 radical (unpaired) electrons. The molecule has 1 aromatic carbocycles. The summed E-state index contributed by atoms with van der Waals surface area (Å²) in [5.74, 6) is 0.0405. The molecule has 0 fully saturated rings. The van der Waals surface area contributed by atoms with Gasteiger partial charge in [0.2, 0.25) is 0 Å². The molecule has 0 saturated carbocycles. The third kappa shape index (κ3) is 1.88. The predicted octanol–water partition coefficient (Wildman–Crippen LogP) is 3.76. The van der Waals surface area contributed by atoms with Gasteiger partial charge in [0.25, 0.3) is 0 Å². The molecule has 1 aliphatic carbocycles. The van der Waals surface area contributed by atoms with Crippen molar-refractivity contribution in [3.8, 4) is 11.4 Å². The van der Waals surface area contributed by atoms with E-state index in [1.807, 2.05) is 0 Å². The Morgan fingerprint density at radius 1 is 1.17 bits per heavy atom. The van der Waals surface area contributed by atoms with Crippen molar-refractivity contribution >= 4 is 23.2 Å². The summed E-state index contributed by atoms with van der Waals surface area (Å²) >= 11 is 12.2. The number of aryl methyl sites for hydroxylation is 1. The van der Waals surface area contributed by atoms with E-state index in [-0.39, 0.29) is 5.75 Å². The summed E-state index contributed by atoms with van der Waals surface area (Å²) in [7, 11) is 0. The lowest BCUT2D eigenvalue weighted by atomic mass is 9.99. The zero-order chi connectivity index (χ0) is 12.7. The van der Waals surface area contributed by atoms with Crippen LogP contribution in [0, 0.1) is 0 Å². The second-order valence-corrected chi connectivity index (χ2v) is 5.24. The second-order valence-electron chi connectivity index (χ2n) is 4.47. The van der Waals surface area contributed by atoms with Crippen molar-refractivity contribution in [2.24, 2.45) is 0 Å². The molecule has 0 unspecified atom stereocenters. The molecule has 5 heteroatoms. The molecular formula is C13H12Cl2N2O. The van der Waals surface area contributed by atoms with Gasteiger partial charge in [-0.2, -0.15) is 5.10 Å². The Hall–Kier alpha value is -1.19.